The van der Waals surface area contributed by atoms with Crippen molar-refractivity contribution in [2.45, 2.75) is 6.54 Å². The molecule has 0 aliphatic carbocycles. The number of benzene rings is 1. The molecular weight excluding hydrogens is 321 g/mol. The van der Waals surface area contributed by atoms with Crippen LogP contribution in [-0.2, 0) is 6.54 Å². The third kappa shape index (κ3) is 2.81. The number of anilines is 2. The molecule has 0 saturated carbocycles. The van der Waals surface area contributed by atoms with Crippen LogP contribution in [0.2, 0.25) is 0 Å². The van der Waals surface area contributed by atoms with Gasteiger partial charge in [-0.05, 0) is 15.9 Å². The van der Waals surface area contributed by atoms with Crippen LogP contribution >= 0.6 is 15.9 Å². The van der Waals surface area contributed by atoms with Crippen molar-refractivity contribution >= 4 is 33.1 Å². The summed E-state index contributed by atoms with van der Waals surface area (Å²) in [4.78, 5) is 10.3. The van der Waals surface area contributed by atoms with Crippen LogP contribution in [0.15, 0.2) is 22.8 Å². The molecule has 9 heteroatoms. The lowest BCUT2D eigenvalue weighted by molar-refractivity contribution is -0.384. The highest BCUT2D eigenvalue weighted by atomic mass is 79.9. The van der Waals surface area contributed by atoms with Crippen molar-refractivity contribution in [3.63, 3.8) is 0 Å². The minimum Gasteiger partial charge on any atom is -0.384 e. The van der Waals surface area contributed by atoms with Crippen molar-refractivity contribution in [3.05, 3.63) is 44.3 Å². The normalized spacial score (nSPS) is 10.4. The maximum atomic E-state index is 13.4. The summed E-state index contributed by atoms with van der Waals surface area (Å²) < 4.78 is 13.4. The SMILES string of the molecule is Nc1[nH]ncc1CNc1cc(F)c(Br)cc1[N+](=O)[O-]. The third-order valence-corrected chi connectivity index (χ3v) is 3.06. The van der Waals surface area contributed by atoms with Gasteiger partial charge in [0.1, 0.15) is 17.3 Å². The van der Waals surface area contributed by atoms with E-state index in [2.05, 4.69) is 31.4 Å². The molecule has 1 heterocycles. The summed E-state index contributed by atoms with van der Waals surface area (Å²) in [5, 5.41) is 19.9. The van der Waals surface area contributed by atoms with Gasteiger partial charge in [-0.3, -0.25) is 15.2 Å². The lowest BCUT2D eigenvalue weighted by Crippen LogP contribution is -2.04. The molecule has 1 aromatic carbocycles. The van der Waals surface area contributed by atoms with E-state index in [-0.39, 0.29) is 22.4 Å². The average molecular weight is 330 g/mol. The minimum absolute atomic E-state index is 0.0348. The van der Waals surface area contributed by atoms with E-state index < -0.39 is 10.7 Å². The van der Waals surface area contributed by atoms with Crippen molar-refractivity contribution in [1.82, 2.24) is 10.2 Å². The second kappa shape index (κ2) is 5.22. The summed E-state index contributed by atoms with van der Waals surface area (Å²) in [6.07, 6.45) is 1.49. The Morgan fingerprint density at radius 2 is 2.32 bits per heavy atom. The smallest absolute Gasteiger partial charge is 0.293 e. The molecule has 0 unspecified atom stereocenters. The number of nitrogen functional groups attached to an aromatic ring is 1. The van der Waals surface area contributed by atoms with Gasteiger partial charge in [0.2, 0.25) is 0 Å². The molecule has 0 radical (unpaired) electrons. The van der Waals surface area contributed by atoms with E-state index in [4.69, 9.17) is 5.73 Å². The minimum atomic E-state index is -0.592. The fourth-order valence-corrected chi connectivity index (χ4v) is 1.81. The first-order chi connectivity index (χ1) is 8.99. The maximum Gasteiger partial charge on any atom is 0.293 e. The first kappa shape index (κ1) is 13.3. The molecule has 4 N–H and O–H groups in total. The third-order valence-electron chi connectivity index (χ3n) is 2.46. The van der Waals surface area contributed by atoms with Crippen molar-refractivity contribution in [3.8, 4) is 0 Å². The number of nitro groups is 1. The molecular formula is C10H9BrFN5O2. The van der Waals surface area contributed by atoms with Crippen LogP contribution in [-0.4, -0.2) is 15.1 Å². The maximum absolute atomic E-state index is 13.4. The van der Waals surface area contributed by atoms with Crippen LogP contribution in [0.1, 0.15) is 5.56 Å². The fourth-order valence-electron chi connectivity index (χ4n) is 1.48. The molecule has 2 aromatic rings. The standard InChI is InChI=1S/C10H9BrFN5O2/c11-6-1-9(17(18)19)8(2-7(6)12)14-3-5-4-15-16-10(5)13/h1-2,4,14H,3H2,(H3,13,15,16). The quantitative estimate of drug-likeness (QED) is 0.589. The van der Waals surface area contributed by atoms with Gasteiger partial charge < -0.3 is 11.1 Å². The van der Waals surface area contributed by atoms with Crippen molar-refractivity contribution in [2.24, 2.45) is 0 Å². The van der Waals surface area contributed by atoms with Crippen LogP contribution in [0.5, 0.6) is 0 Å². The zero-order valence-electron chi connectivity index (χ0n) is 9.48. The number of nitrogens with one attached hydrogen (secondary N) is 2. The summed E-state index contributed by atoms with van der Waals surface area (Å²) in [6.45, 7) is 0.199. The number of nitro benzene ring substituents is 1. The number of halogens is 2. The lowest BCUT2D eigenvalue weighted by Gasteiger charge is -2.07. The molecule has 0 atom stereocenters. The highest BCUT2D eigenvalue weighted by Gasteiger charge is 2.17. The number of nitrogens with zero attached hydrogens (tertiary/aromatic N) is 2. The first-order valence-corrected chi connectivity index (χ1v) is 5.93. The Bertz CT molecular complexity index is 630. The van der Waals surface area contributed by atoms with Gasteiger partial charge in [0.25, 0.3) is 5.69 Å². The average Bonchev–Trinajstić information content (AvgIpc) is 2.75. The monoisotopic (exact) mass is 329 g/mol. The zero-order valence-corrected chi connectivity index (χ0v) is 11.1. The first-order valence-electron chi connectivity index (χ1n) is 5.14. The topological polar surface area (TPSA) is 110 Å². The number of nitrogens with two attached hydrogens (primary N) is 1. The molecule has 19 heavy (non-hydrogen) atoms. The predicted octanol–water partition coefficient (Wildman–Crippen LogP) is 2.41. The second-order valence-electron chi connectivity index (χ2n) is 3.70. The number of aromatic nitrogens is 2. The molecule has 100 valence electrons. The number of H-pyrrole nitrogens is 1. The van der Waals surface area contributed by atoms with E-state index in [1.807, 2.05) is 0 Å². The molecule has 0 fully saturated rings. The van der Waals surface area contributed by atoms with Gasteiger partial charge in [-0.15, -0.1) is 0 Å². The van der Waals surface area contributed by atoms with Gasteiger partial charge in [-0.2, -0.15) is 5.10 Å². The van der Waals surface area contributed by atoms with E-state index in [0.717, 1.165) is 12.1 Å². The lowest BCUT2D eigenvalue weighted by atomic mass is 10.2. The van der Waals surface area contributed by atoms with Crippen LogP contribution in [0, 0.1) is 15.9 Å². The van der Waals surface area contributed by atoms with Gasteiger partial charge >= 0.3 is 0 Å². The molecule has 0 aliphatic heterocycles. The Morgan fingerprint density at radius 3 is 2.89 bits per heavy atom. The van der Waals surface area contributed by atoms with E-state index in [1.54, 1.807) is 0 Å². The van der Waals surface area contributed by atoms with E-state index in [0.29, 0.717) is 11.4 Å². The molecule has 0 aliphatic rings. The summed E-state index contributed by atoms with van der Waals surface area (Å²) >= 11 is 2.91. The largest absolute Gasteiger partial charge is 0.384 e. The Morgan fingerprint density at radius 1 is 1.58 bits per heavy atom. The van der Waals surface area contributed by atoms with Crippen LogP contribution < -0.4 is 11.1 Å². The number of aromatic amines is 1. The molecule has 1 aromatic heterocycles. The van der Waals surface area contributed by atoms with Crippen LogP contribution in [0.25, 0.3) is 0 Å². The van der Waals surface area contributed by atoms with Crippen LogP contribution in [0.4, 0.5) is 21.6 Å². The fraction of sp³-hybridized carbons (Fsp3) is 0.100. The summed E-state index contributed by atoms with van der Waals surface area (Å²) in [5.74, 6) is -0.235. The molecule has 2 rings (SSSR count). The Labute approximate surface area is 115 Å². The van der Waals surface area contributed by atoms with Gasteiger partial charge in [0, 0.05) is 24.2 Å². The van der Waals surface area contributed by atoms with E-state index in [9.17, 15) is 14.5 Å². The molecule has 0 amide bonds. The van der Waals surface area contributed by atoms with Crippen molar-refractivity contribution in [1.29, 1.82) is 0 Å². The molecule has 7 nitrogen and oxygen atoms in total. The number of hydrogen-bond acceptors (Lipinski definition) is 5. The van der Waals surface area contributed by atoms with E-state index >= 15 is 0 Å². The Hall–Kier alpha value is -2.16. The summed E-state index contributed by atoms with van der Waals surface area (Å²) in [6, 6.07) is 2.16. The summed E-state index contributed by atoms with van der Waals surface area (Å²) in [7, 11) is 0. The second-order valence-corrected chi connectivity index (χ2v) is 4.56. The number of hydrogen-bond donors (Lipinski definition) is 3. The molecule has 0 bridgehead atoms. The zero-order chi connectivity index (χ0) is 14.0. The predicted molar refractivity (Wildman–Crippen MR) is 71.1 cm³/mol. The van der Waals surface area contributed by atoms with Gasteiger partial charge in [-0.1, -0.05) is 0 Å². The summed E-state index contributed by atoms with van der Waals surface area (Å²) in [5.41, 5.74) is 6.07. The highest BCUT2D eigenvalue weighted by Crippen LogP contribution is 2.31. The van der Waals surface area contributed by atoms with Gasteiger partial charge in [0.05, 0.1) is 15.6 Å². The van der Waals surface area contributed by atoms with Gasteiger partial charge in [-0.25, -0.2) is 4.39 Å². The van der Waals surface area contributed by atoms with Crippen molar-refractivity contribution < 1.29 is 9.31 Å². The Balaban J connectivity index is 2.26. The number of rotatable bonds is 4. The van der Waals surface area contributed by atoms with Crippen molar-refractivity contribution in [2.75, 3.05) is 11.1 Å². The van der Waals surface area contributed by atoms with Gasteiger partial charge in [0.15, 0.2) is 0 Å². The molecule has 0 spiro atoms. The highest BCUT2D eigenvalue weighted by molar-refractivity contribution is 9.10. The van der Waals surface area contributed by atoms with Crippen LogP contribution in [0.3, 0.4) is 0 Å². The Kier molecular flexibility index (Phi) is 3.65. The molecule has 0 saturated heterocycles. The van der Waals surface area contributed by atoms with E-state index in [1.165, 1.54) is 6.20 Å².